The predicted molar refractivity (Wildman–Crippen MR) is 83.0 cm³/mol. The van der Waals surface area contributed by atoms with Crippen LogP contribution in [0, 0.1) is 0 Å². The highest BCUT2D eigenvalue weighted by molar-refractivity contribution is 5.84. The summed E-state index contributed by atoms with van der Waals surface area (Å²) in [5, 5.41) is 0.656. The Balaban J connectivity index is 2.72. The molecule has 2 nitrogen and oxygen atoms in total. The van der Waals surface area contributed by atoms with Gasteiger partial charge in [-0.3, -0.25) is 4.79 Å². The average molecular weight is 249 g/mol. The maximum Gasteiger partial charge on any atom is 0.190 e. The van der Waals surface area contributed by atoms with E-state index >= 15 is 0 Å². The van der Waals surface area contributed by atoms with Crippen LogP contribution in [0.25, 0.3) is 22.6 Å². The molecule has 0 aliphatic heterocycles. The minimum absolute atomic E-state index is 0.0238. The van der Waals surface area contributed by atoms with Crippen molar-refractivity contribution in [2.75, 3.05) is 0 Å². The van der Waals surface area contributed by atoms with Gasteiger partial charge in [0.25, 0.3) is 0 Å². The number of pyridine rings is 1. The van der Waals surface area contributed by atoms with E-state index in [0.29, 0.717) is 5.39 Å². The number of aromatic amines is 1. The van der Waals surface area contributed by atoms with Gasteiger partial charge in [0.1, 0.15) is 0 Å². The molecular formula is C17H15NO. The molecule has 2 heteroatoms. The fraction of sp³-hybridized carbons (Fsp3) is 0. The summed E-state index contributed by atoms with van der Waals surface area (Å²) in [5.41, 5.74) is 3.27. The first-order chi connectivity index (χ1) is 9.19. The van der Waals surface area contributed by atoms with Crippen LogP contribution in [-0.4, -0.2) is 4.98 Å². The van der Waals surface area contributed by atoms with Crippen molar-refractivity contribution < 1.29 is 0 Å². The van der Waals surface area contributed by atoms with Crippen molar-refractivity contribution in [2.24, 2.45) is 0 Å². The van der Waals surface area contributed by atoms with Crippen molar-refractivity contribution in [3.05, 3.63) is 83.7 Å². The van der Waals surface area contributed by atoms with E-state index in [1.807, 2.05) is 24.3 Å². The van der Waals surface area contributed by atoms with Crippen LogP contribution in [0.15, 0.2) is 67.0 Å². The van der Waals surface area contributed by atoms with Crippen LogP contribution in [0.5, 0.6) is 0 Å². The second-order valence-corrected chi connectivity index (χ2v) is 4.12. The molecule has 0 bridgehead atoms. The molecule has 1 aromatic heterocycles. The first-order valence-corrected chi connectivity index (χ1v) is 5.94. The van der Waals surface area contributed by atoms with Crippen LogP contribution < -0.4 is 5.43 Å². The number of H-pyrrole nitrogens is 1. The molecule has 2 aromatic rings. The topological polar surface area (TPSA) is 32.9 Å². The highest BCUT2D eigenvalue weighted by Crippen LogP contribution is 2.17. The first kappa shape index (κ1) is 12.8. The molecule has 0 amide bonds. The Kier molecular flexibility index (Phi) is 3.62. The molecule has 1 N–H and O–H groups in total. The smallest absolute Gasteiger partial charge is 0.190 e. The zero-order valence-electron chi connectivity index (χ0n) is 10.6. The van der Waals surface area contributed by atoms with Crippen LogP contribution in [0.3, 0.4) is 0 Å². The molecule has 0 aliphatic rings. The zero-order chi connectivity index (χ0) is 13.8. The van der Waals surface area contributed by atoms with Crippen LogP contribution in [0.4, 0.5) is 0 Å². The summed E-state index contributed by atoms with van der Waals surface area (Å²) in [7, 11) is 0. The summed E-state index contributed by atoms with van der Waals surface area (Å²) in [4.78, 5) is 15.4. The van der Waals surface area contributed by atoms with Crippen molar-refractivity contribution in [3.8, 4) is 0 Å². The minimum Gasteiger partial charge on any atom is -0.354 e. The minimum atomic E-state index is -0.0238. The van der Waals surface area contributed by atoms with E-state index in [9.17, 15) is 4.79 Å². The largest absolute Gasteiger partial charge is 0.354 e. The molecule has 2 rings (SSSR count). The molecule has 0 saturated heterocycles. The SMILES string of the molecule is C=C/C=C(\C=C)c1cc(=O)c2cc(C=C)ccc2[nH]1. The third-order valence-electron chi connectivity index (χ3n) is 2.92. The van der Waals surface area contributed by atoms with E-state index in [-0.39, 0.29) is 5.43 Å². The molecule has 19 heavy (non-hydrogen) atoms. The van der Waals surface area contributed by atoms with Crippen LogP contribution >= 0.6 is 0 Å². The van der Waals surface area contributed by atoms with E-state index in [1.165, 1.54) is 0 Å². The summed E-state index contributed by atoms with van der Waals surface area (Å²) in [5.74, 6) is 0. The molecule has 1 aromatic carbocycles. The lowest BCUT2D eigenvalue weighted by molar-refractivity contribution is 1.33. The highest BCUT2D eigenvalue weighted by Gasteiger charge is 2.04. The number of rotatable bonds is 4. The lowest BCUT2D eigenvalue weighted by Gasteiger charge is -2.05. The summed E-state index contributed by atoms with van der Waals surface area (Å²) in [6.07, 6.45) is 6.89. The second-order valence-electron chi connectivity index (χ2n) is 4.12. The lowest BCUT2D eigenvalue weighted by Crippen LogP contribution is -2.04. The van der Waals surface area contributed by atoms with Gasteiger partial charge in [-0.05, 0) is 23.3 Å². The quantitative estimate of drug-likeness (QED) is 0.818. The Labute approximate surface area is 112 Å². The molecule has 0 aliphatic carbocycles. The third-order valence-corrected chi connectivity index (χ3v) is 2.92. The van der Waals surface area contributed by atoms with Gasteiger partial charge in [0.2, 0.25) is 0 Å². The maximum absolute atomic E-state index is 12.2. The van der Waals surface area contributed by atoms with Crippen LogP contribution in [0.1, 0.15) is 11.3 Å². The number of allylic oxidation sites excluding steroid dienone is 4. The Bertz CT molecular complexity index is 747. The van der Waals surface area contributed by atoms with Gasteiger partial charge in [0.05, 0.1) is 0 Å². The third kappa shape index (κ3) is 2.47. The van der Waals surface area contributed by atoms with Gasteiger partial charge in [0.15, 0.2) is 5.43 Å². The Morgan fingerprint density at radius 2 is 1.95 bits per heavy atom. The monoisotopic (exact) mass is 249 g/mol. The number of nitrogens with one attached hydrogen (secondary N) is 1. The number of hydrogen-bond acceptors (Lipinski definition) is 1. The van der Waals surface area contributed by atoms with Crippen molar-refractivity contribution in [1.29, 1.82) is 0 Å². The van der Waals surface area contributed by atoms with Gasteiger partial charge in [-0.1, -0.05) is 50.1 Å². The molecule has 0 radical (unpaired) electrons. The molecular weight excluding hydrogens is 234 g/mol. The number of aromatic nitrogens is 1. The van der Waals surface area contributed by atoms with Crippen molar-refractivity contribution >= 4 is 22.6 Å². The van der Waals surface area contributed by atoms with Crippen molar-refractivity contribution in [1.82, 2.24) is 4.98 Å². The van der Waals surface area contributed by atoms with Crippen LogP contribution in [0.2, 0.25) is 0 Å². The van der Waals surface area contributed by atoms with Gasteiger partial charge in [-0.2, -0.15) is 0 Å². The molecule has 0 fully saturated rings. The Hall–Kier alpha value is -2.61. The predicted octanol–water partition coefficient (Wildman–Crippen LogP) is 3.93. The van der Waals surface area contributed by atoms with Gasteiger partial charge in [0, 0.05) is 22.7 Å². The van der Waals surface area contributed by atoms with E-state index < -0.39 is 0 Å². The number of fused-ring (bicyclic) bond motifs is 1. The normalized spacial score (nSPS) is 11.3. The fourth-order valence-electron chi connectivity index (χ4n) is 1.94. The van der Waals surface area contributed by atoms with Gasteiger partial charge in [-0.25, -0.2) is 0 Å². The van der Waals surface area contributed by atoms with Gasteiger partial charge >= 0.3 is 0 Å². The summed E-state index contributed by atoms with van der Waals surface area (Å²) < 4.78 is 0. The lowest BCUT2D eigenvalue weighted by atomic mass is 10.1. The fourth-order valence-corrected chi connectivity index (χ4v) is 1.94. The van der Waals surface area contributed by atoms with Gasteiger partial charge < -0.3 is 4.98 Å². The highest BCUT2D eigenvalue weighted by atomic mass is 16.1. The number of benzene rings is 1. The van der Waals surface area contributed by atoms with E-state index in [2.05, 4.69) is 24.7 Å². The van der Waals surface area contributed by atoms with E-state index in [0.717, 1.165) is 22.3 Å². The standard InChI is InChI=1S/C17H15NO/c1-4-7-13(6-3)16-11-17(19)14-10-12(5-2)8-9-15(14)18-16/h4-11H,1-3H2,(H,18,19)/b13-7+. The molecule has 1 heterocycles. The summed E-state index contributed by atoms with van der Waals surface area (Å²) in [6.45, 7) is 11.1. The van der Waals surface area contributed by atoms with E-state index in [1.54, 1.807) is 24.3 Å². The molecule has 94 valence electrons. The summed E-state index contributed by atoms with van der Waals surface area (Å²) in [6, 6.07) is 7.20. The van der Waals surface area contributed by atoms with E-state index in [4.69, 9.17) is 0 Å². The Morgan fingerprint density at radius 3 is 2.58 bits per heavy atom. The molecule has 0 spiro atoms. The van der Waals surface area contributed by atoms with Crippen LogP contribution in [-0.2, 0) is 0 Å². The molecule has 0 saturated carbocycles. The first-order valence-electron chi connectivity index (χ1n) is 5.94. The molecule has 0 unspecified atom stereocenters. The number of hydrogen-bond donors (Lipinski definition) is 1. The maximum atomic E-state index is 12.2. The molecule has 0 atom stereocenters. The van der Waals surface area contributed by atoms with Crippen molar-refractivity contribution in [3.63, 3.8) is 0 Å². The second kappa shape index (κ2) is 5.36. The van der Waals surface area contributed by atoms with Crippen molar-refractivity contribution in [2.45, 2.75) is 0 Å². The zero-order valence-corrected chi connectivity index (χ0v) is 10.6. The average Bonchev–Trinajstić information content (AvgIpc) is 2.44. The van der Waals surface area contributed by atoms with Gasteiger partial charge in [-0.15, -0.1) is 0 Å². The Morgan fingerprint density at radius 1 is 1.16 bits per heavy atom. The summed E-state index contributed by atoms with van der Waals surface area (Å²) >= 11 is 0.